The molecule has 0 bridgehead atoms. The van der Waals surface area contributed by atoms with Crippen LogP contribution in [0, 0.1) is 0 Å². The average molecular weight is 368 g/mol. The monoisotopic (exact) mass is 367 g/mol. The number of nitrogens with zero attached hydrogens (tertiary/aromatic N) is 1. The van der Waals surface area contributed by atoms with Gasteiger partial charge in [-0.1, -0.05) is 29.8 Å². The number of carbonyl (C=O) groups is 2. The maximum atomic E-state index is 12.1. The second-order valence-electron chi connectivity index (χ2n) is 5.98. The minimum Gasteiger partial charge on any atom is -0.450 e. The molecule has 0 aromatic heterocycles. The van der Waals surface area contributed by atoms with Crippen LogP contribution in [0.1, 0.15) is 37.8 Å². The molecule has 2 rings (SSSR count). The standard InChI is InChI=1S/C18H26ClN3O3/c1-2-25-18(24)20-10-9-17(23)21-13-16(22-11-5-6-12-22)14-7-3-4-8-15(14)19/h3-4,7-8,16H,2,5-6,9-13H2,1H3,(H,20,24)(H,21,23). The van der Waals surface area contributed by atoms with Crippen molar-refractivity contribution in [3.63, 3.8) is 0 Å². The number of hydrogen-bond acceptors (Lipinski definition) is 4. The molecule has 1 aliphatic rings. The van der Waals surface area contributed by atoms with Crippen molar-refractivity contribution in [2.45, 2.75) is 32.2 Å². The molecule has 1 atom stereocenters. The fourth-order valence-corrected chi connectivity index (χ4v) is 3.26. The number of nitrogens with one attached hydrogen (secondary N) is 2. The van der Waals surface area contributed by atoms with Crippen LogP contribution >= 0.6 is 11.6 Å². The Labute approximate surface area is 153 Å². The summed E-state index contributed by atoms with van der Waals surface area (Å²) in [7, 11) is 0. The molecule has 1 saturated heterocycles. The Balaban J connectivity index is 1.86. The summed E-state index contributed by atoms with van der Waals surface area (Å²) >= 11 is 6.36. The molecule has 0 radical (unpaired) electrons. The van der Waals surface area contributed by atoms with Gasteiger partial charge in [-0.05, 0) is 44.5 Å². The van der Waals surface area contributed by atoms with Crippen LogP contribution < -0.4 is 10.6 Å². The number of benzene rings is 1. The van der Waals surface area contributed by atoms with Gasteiger partial charge in [-0.3, -0.25) is 9.69 Å². The zero-order chi connectivity index (χ0) is 18.1. The topological polar surface area (TPSA) is 70.7 Å². The van der Waals surface area contributed by atoms with Gasteiger partial charge in [-0.2, -0.15) is 0 Å². The molecular weight excluding hydrogens is 342 g/mol. The van der Waals surface area contributed by atoms with Gasteiger partial charge >= 0.3 is 6.09 Å². The quantitative estimate of drug-likeness (QED) is 0.741. The highest BCUT2D eigenvalue weighted by atomic mass is 35.5. The van der Waals surface area contributed by atoms with E-state index in [0.29, 0.717) is 13.2 Å². The van der Waals surface area contributed by atoms with Crippen molar-refractivity contribution in [2.24, 2.45) is 0 Å². The van der Waals surface area contributed by atoms with Crippen LogP contribution in [-0.2, 0) is 9.53 Å². The molecule has 7 heteroatoms. The predicted octanol–water partition coefficient (Wildman–Crippen LogP) is 2.73. The van der Waals surface area contributed by atoms with E-state index < -0.39 is 6.09 Å². The molecule has 6 nitrogen and oxygen atoms in total. The van der Waals surface area contributed by atoms with Crippen molar-refractivity contribution in [1.29, 1.82) is 0 Å². The Morgan fingerprint density at radius 2 is 1.96 bits per heavy atom. The number of ether oxygens (including phenoxy) is 1. The molecule has 138 valence electrons. The van der Waals surface area contributed by atoms with Crippen molar-refractivity contribution >= 4 is 23.6 Å². The fourth-order valence-electron chi connectivity index (χ4n) is 2.99. The van der Waals surface area contributed by atoms with E-state index in [0.717, 1.165) is 23.7 Å². The van der Waals surface area contributed by atoms with Crippen molar-refractivity contribution in [2.75, 3.05) is 32.8 Å². The van der Waals surface area contributed by atoms with E-state index in [4.69, 9.17) is 16.3 Å². The summed E-state index contributed by atoms with van der Waals surface area (Å²) in [5, 5.41) is 6.22. The third-order valence-corrected chi connectivity index (χ3v) is 4.58. The first kappa shape index (κ1) is 19.5. The Morgan fingerprint density at radius 3 is 2.64 bits per heavy atom. The van der Waals surface area contributed by atoms with Gasteiger partial charge in [0.05, 0.1) is 12.6 Å². The fraction of sp³-hybridized carbons (Fsp3) is 0.556. The van der Waals surface area contributed by atoms with Crippen LogP contribution in [0.5, 0.6) is 0 Å². The summed E-state index contributed by atoms with van der Waals surface area (Å²) < 4.78 is 4.76. The first-order chi connectivity index (χ1) is 12.1. The second-order valence-corrected chi connectivity index (χ2v) is 6.39. The number of halogens is 1. The number of rotatable bonds is 8. The van der Waals surface area contributed by atoms with E-state index in [1.165, 1.54) is 12.8 Å². The first-order valence-corrected chi connectivity index (χ1v) is 9.15. The van der Waals surface area contributed by atoms with E-state index >= 15 is 0 Å². The van der Waals surface area contributed by atoms with E-state index in [1.807, 2.05) is 24.3 Å². The molecule has 0 aliphatic carbocycles. The van der Waals surface area contributed by atoms with Gasteiger partial charge in [0.25, 0.3) is 0 Å². The van der Waals surface area contributed by atoms with Gasteiger partial charge in [-0.15, -0.1) is 0 Å². The third-order valence-electron chi connectivity index (χ3n) is 4.24. The number of amides is 2. The van der Waals surface area contributed by atoms with Gasteiger partial charge in [-0.25, -0.2) is 4.79 Å². The van der Waals surface area contributed by atoms with Gasteiger partial charge in [0, 0.05) is 24.5 Å². The Bertz CT molecular complexity index is 576. The molecule has 1 aromatic carbocycles. The molecule has 25 heavy (non-hydrogen) atoms. The molecule has 0 saturated carbocycles. The summed E-state index contributed by atoms with van der Waals surface area (Å²) in [5.41, 5.74) is 1.04. The lowest BCUT2D eigenvalue weighted by atomic mass is 10.1. The van der Waals surface area contributed by atoms with Crippen LogP contribution in [0.2, 0.25) is 5.02 Å². The highest BCUT2D eigenvalue weighted by Crippen LogP contribution is 2.29. The first-order valence-electron chi connectivity index (χ1n) is 8.77. The van der Waals surface area contributed by atoms with Crippen LogP contribution in [0.4, 0.5) is 4.79 Å². The van der Waals surface area contributed by atoms with Gasteiger partial charge < -0.3 is 15.4 Å². The minimum atomic E-state index is -0.499. The van der Waals surface area contributed by atoms with Crippen molar-refractivity contribution in [3.8, 4) is 0 Å². The zero-order valence-electron chi connectivity index (χ0n) is 14.6. The SMILES string of the molecule is CCOC(=O)NCCC(=O)NCC(c1ccccc1Cl)N1CCCC1. The third kappa shape index (κ3) is 6.21. The lowest BCUT2D eigenvalue weighted by Crippen LogP contribution is -2.38. The van der Waals surface area contributed by atoms with Crippen molar-refractivity contribution in [1.82, 2.24) is 15.5 Å². The highest BCUT2D eigenvalue weighted by molar-refractivity contribution is 6.31. The molecular formula is C18H26ClN3O3. The smallest absolute Gasteiger partial charge is 0.407 e. The van der Waals surface area contributed by atoms with Crippen LogP contribution in [-0.4, -0.2) is 49.7 Å². The van der Waals surface area contributed by atoms with Gasteiger partial charge in [0.15, 0.2) is 0 Å². The Morgan fingerprint density at radius 1 is 1.24 bits per heavy atom. The van der Waals surface area contributed by atoms with Gasteiger partial charge in [0.1, 0.15) is 0 Å². The largest absolute Gasteiger partial charge is 0.450 e. The molecule has 1 aromatic rings. The van der Waals surface area contributed by atoms with Crippen LogP contribution in [0.15, 0.2) is 24.3 Å². The molecule has 2 amide bonds. The molecule has 1 fully saturated rings. The maximum Gasteiger partial charge on any atom is 0.407 e. The summed E-state index contributed by atoms with van der Waals surface area (Å²) in [6.45, 7) is 4.83. The zero-order valence-corrected chi connectivity index (χ0v) is 15.3. The second kappa shape index (κ2) is 10.3. The molecule has 2 N–H and O–H groups in total. The number of alkyl carbamates (subject to hydrolysis) is 1. The molecule has 1 unspecified atom stereocenters. The number of carbonyl (C=O) groups excluding carboxylic acids is 2. The molecule has 1 heterocycles. The molecule has 1 aliphatic heterocycles. The number of likely N-dealkylation sites (tertiary alicyclic amines) is 1. The minimum absolute atomic E-state index is 0.0677. The Hall–Kier alpha value is -1.79. The van der Waals surface area contributed by atoms with Gasteiger partial charge in [0.2, 0.25) is 5.91 Å². The van der Waals surface area contributed by atoms with Crippen molar-refractivity contribution in [3.05, 3.63) is 34.9 Å². The van der Waals surface area contributed by atoms with Crippen LogP contribution in [0.3, 0.4) is 0 Å². The van der Waals surface area contributed by atoms with Crippen LogP contribution in [0.25, 0.3) is 0 Å². The van der Waals surface area contributed by atoms with E-state index in [-0.39, 0.29) is 24.9 Å². The lowest BCUT2D eigenvalue weighted by molar-refractivity contribution is -0.121. The summed E-state index contributed by atoms with van der Waals surface area (Å²) in [4.78, 5) is 25.6. The predicted molar refractivity (Wildman–Crippen MR) is 97.7 cm³/mol. The maximum absolute atomic E-state index is 12.1. The normalized spacial score (nSPS) is 15.6. The highest BCUT2D eigenvalue weighted by Gasteiger charge is 2.25. The average Bonchev–Trinajstić information content (AvgIpc) is 3.11. The summed E-state index contributed by atoms with van der Waals surface area (Å²) in [6, 6.07) is 7.84. The van der Waals surface area contributed by atoms with E-state index in [2.05, 4.69) is 15.5 Å². The Kier molecular flexibility index (Phi) is 8.01. The molecule has 0 spiro atoms. The van der Waals surface area contributed by atoms with Crippen molar-refractivity contribution < 1.29 is 14.3 Å². The summed E-state index contributed by atoms with van der Waals surface area (Å²) in [5.74, 6) is -0.104. The lowest BCUT2D eigenvalue weighted by Gasteiger charge is -2.29. The number of hydrogen-bond donors (Lipinski definition) is 2. The summed E-state index contributed by atoms with van der Waals surface area (Å²) in [6.07, 6.45) is 2.05. The van der Waals surface area contributed by atoms with E-state index in [1.54, 1.807) is 6.92 Å². The van der Waals surface area contributed by atoms with E-state index in [9.17, 15) is 9.59 Å².